The first-order valence-corrected chi connectivity index (χ1v) is 13.2. The molecular weight excluding hydrogens is 494 g/mol. The zero-order valence-electron chi connectivity index (χ0n) is 19.0. The molecule has 0 atom stereocenters. The zero-order chi connectivity index (χ0) is 25.6. The highest BCUT2D eigenvalue weighted by atomic mass is 32.2. The summed E-state index contributed by atoms with van der Waals surface area (Å²) in [6.07, 6.45) is 0. The lowest BCUT2D eigenvalue weighted by Gasteiger charge is -2.22. The SMILES string of the molecule is COc1ccc(S(=O)(=O)N(CC(=O)Nc2ccc(S(N)(=O)=O)cc2)Cc2ccccc2)cc1OC. The number of rotatable bonds is 10. The summed E-state index contributed by atoms with van der Waals surface area (Å²) in [5, 5.41) is 7.66. The monoisotopic (exact) mass is 519 g/mol. The number of carbonyl (C=O) groups is 1. The first kappa shape index (κ1) is 26.2. The van der Waals surface area contributed by atoms with Gasteiger partial charge >= 0.3 is 0 Å². The van der Waals surface area contributed by atoms with E-state index in [1.54, 1.807) is 30.3 Å². The summed E-state index contributed by atoms with van der Waals surface area (Å²) in [6, 6.07) is 18.2. The van der Waals surface area contributed by atoms with Crippen molar-refractivity contribution in [3.63, 3.8) is 0 Å². The molecule has 0 saturated heterocycles. The second kappa shape index (κ2) is 10.9. The first-order chi connectivity index (χ1) is 16.5. The van der Waals surface area contributed by atoms with Crippen LogP contribution in [0.1, 0.15) is 5.56 Å². The molecule has 0 saturated carbocycles. The number of hydrogen-bond acceptors (Lipinski definition) is 7. The first-order valence-electron chi connectivity index (χ1n) is 10.2. The van der Waals surface area contributed by atoms with E-state index in [-0.39, 0.29) is 27.8 Å². The number of hydrogen-bond donors (Lipinski definition) is 2. The summed E-state index contributed by atoms with van der Waals surface area (Å²) in [5.41, 5.74) is 0.965. The molecule has 3 rings (SSSR count). The van der Waals surface area contributed by atoms with Gasteiger partial charge in [0.2, 0.25) is 26.0 Å². The normalized spacial score (nSPS) is 11.8. The van der Waals surface area contributed by atoms with Crippen LogP contribution in [0.4, 0.5) is 5.69 Å². The Balaban J connectivity index is 1.89. The fourth-order valence-corrected chi connectivity index (χ4v) is 5.14. The second-order valence-electron chi connectivity index (χ2n) is 7.39. The lowest BCUT2D eigenvalue weighted by Crippen LogP contribution is -2.37. The van der Waals surface area contributed by atoms with E-state index in [0.717, 1.165) is 4.31 Å². The van der Waals surface area contributed by atoms with Gasteiger partial charge in [-0.2, -0.15) is 4.31 Å². The number of nitrogens with two attached hydrogens (primary N) is 1. The van der Waals surface area contributed by atoms with Crippen LogP contribution in [0.25, 0.3) is 0 Å². The molecule has 12 heteroatoms. The van der Waals surface area contributed by atoms with Crippen molar-refractivity contribution in [3.05, 3.63) is 78.4 Å². The molecule has 3 N–H and O–H groups in total. The van der Waals surface area contributed by atoms with Crippen LogP contribution in [0.5, 0.6) is 11.5 Å². The summed E-state index contributed by atoms with van der Waals surface area (Å²) < 4.78 is 61.3. The van der Waals surface area contributed by atoms with Gasteiger partial charge in [-0.3, -0.25) is 4.79 Å². The number of benzene rings is 3. The Hall–Kier alpha value is -3.45. The van der Waals surface area contributed by atoms with Gasteiger partial charge in [-0.15, -0.1) is 0 Å². The van der Waals surface area contributed by atoms with Crippen LogP contribution >= 0.6 is 0 Å². The van der Waals surface area contributed by atoms with E-state index >= 15 is 0 Å². The van der Waals surface area contributed by atoms with E-state index in [1.807, 2.05) is 0 Å². The van der Waals surface area contributed by atoms with Crippen LogP contribution in [0, 0.1) is 0 Å². The van der Waals surface area contributed by atoms with E-state index in [0.29, 0.717) is 11.3 Å². The molecule has 0 bridgehead atoms. The highest BCUT2D eigenvalue weighted by molar-refractivity contribution is 7.89. The zero-order valence-corrected chi connectivity index (χ0v) is 20.7. The number of amides is 1. The lowest BCUT2D eigenvalue weighted by molar-refractivity contribution is -0.116. The average Bonchev–Trinajstić information content (AvgIpc) is 2.83. The minimum Gasteiger partial charge on any atom is -0.493 e. The molecule has 10 nitrogen and oxygen atoms in total. The maximum absolute atomic E-state index is 13.5. The molecule has 0 heterocycles. The minimum atomic E-state index is -4.13. The molecule has 0 aliphatic rings. The van der Waals surface area contributed by atoms with Crippen LogP contribution in [0.3, 0.4) is 0 Å². The number of nitrogens with one attached hydrogen (secondary N) is 1. The number of anilines is 1. The largest absolute Gasteiger partial charge is 0.493 e. The molecule has 0 aliphatic heterocycles. The van der Waals surface area contributed by atoms with Crippen molar-refractivity contribution >= 4 is 31.6 Å². The molecular formula is C23H25N3O7S2. The van der Waals surface area contributed by atoms with Gasteiger partial charge in [-0.05, 0) is 42.0 Å². The minimum absolute atomic E-state index is 0.0602. The third kappa shape index (κ3) is 6.57. The van der Waals surface area contributed by atoms with Crippen LogP contribution in [-0.4, -0.2) is 47.8 Å². The van der Waals surface area contributed by atoms with Gasteiger partial charge in [0.15, 0.2) is 11.5 Å². The van der Waals surface area contributed by atoms with Crippen molar-refractivity contribution in [1.29, 1.82) is 0 Å². The number of nitrogens with zero attached hydrogens (tertiary/aromatic N) is 1. The highest BCUT2D eigenvalue weighted by Gasteiger charge is 2.28. The number of ether oxygens (including phenoxy) is 2. The number of sulfonamides is 2. The highest BCUT2D eigenvalue weighted by Crippen LogP contribution is 2.31. The van der Waals surface area contributed by atoms with E-state index in [2.05, 4.69) is 5.32 Å². The third-order valence-corrected chi connectivity index (χ3v) is 7.70. The summed E-state index contributed by atoms with van der Waals surface area (Å²) in [4.78, 5) is 12.6. The maximum Gasteiger partial charge on any atom is 0.243 e. The van der Waals surface area contributed by atoms with Crippen molar-refractivity contribution in [2.75, 3.05) is 26.1 Å². The van der Waals surface area contributed by atoms with Gasteiger partial charge < -0.3 is 14.8 Å². The molecule has 186 valence electrons. The predicted molar refractivity (Wildman–Crippen MR) is 130 cm³/mol. The Labute approximate surface area is 204 Å². The molecule has 0 radical (unpaired) electrons. The van der Waals surface area contributed by atoms with Gasteiger partial charge in [0.1, 0.15) is 0 Å². The maximum atomic E-state index is 13.5. The van der Waals surface area contributed by atoms with Crippen molar-refractivity contribution in [2.45, 2.75) is 16.3 Å². The van der Waals surface area contributed by atoms with Gasteiger partial charge in [-0.25, -0.2) is 22.0 Å². The molecule has 0 unspecified atom stereocenters. The van der Waals surface area contributed by atoms with Gasteiger partial charge in [-0.1, -0.05) is 30.3 Å². The molecule has 3 aromatic carbocycles. The van der Waals surface area contributed by atoms with Gasteiger partial charge in [0.25, 0.3) is 0 Å². The fourth-order valence-electron chi connectivity index (χ4n) is 3.23. The van der Waals surface area contributed by atoms with Crippen molar-refractivity contribution < 1.29 is 31.1 Å². The van der Waals surface area contributed by atoms with Crippen molar-refractivity contribution in [1.82, 2.24) is 4.31 Å². The molecule has 0 aliphatic carbocycles. The van der Waals surface area contributed by atoms with Crippen molar-refractivity contribution in [2.24, 2.45) is 5.14 Å². The predicted octanol–water partition coefficient (Wildman–Crippen LogP) is 2.18. The topological polar surface area (TPSA) is 145 Å². The Bertz CT molecular complexity index is 1390. The van der Waals surface area contributed by atoms with Gasteiger partial charge in [0, 0.05) is 18.3 Å². The molecule has 0 spiro atoms. The number of primary sulfonamides is 1. The summed E-state index contributed by atoms with van der Waals surface area (Å²) >= 11 is 0. The fraction of sp³-hybridized carbons (Fsp3) is 0.174. The van der Waals surface area contributed by atoms with E-state index in [1.165, 1.54) is 56.7 Å². The second-order valence-corrected chi connectivity index (χ2v) is 10.9. The summed E-state index contributed by atoms with van der Waals surface area (Å²) in [7, 11) is -5.18. The standard InChI is InChI=1S/C23H25N3O7S2/c1-32-21-13-12-20(14-22(21)33-2)35(30,31)26(15-17-6-4-3-5-7-17)16-23(27)25-18-8-10-19(11-9-18)34(24,28)29/h3-14H,15-16H2,1-2H3,(H,25,27)(H2,24,28,29). The quantitative estimate of drug-likeness (QED) is 0.418. The summed E-state index contributed by atoms with van der Waals surface area (Å²) in [6.45, 7) is -0.558. The van der Waals surface area contributed by atoms with Crippen LogP contribution in [-0.2, 0) is 31.4 Å². The molecule has 0 fully saturated rings. The Kier molecular flexibility index (Phi) is 8.12. The number of carbonyl (C=O) groups excluding carboxylic acids is 1. The number of methoxy groups -OCH3 is 2. The Morgan fingerprint density at radius 2 is 1.46 bits per heavy atom. The van der Waals surface area contributed by atoms with Crippen molar-refractivity contribution in [3.8, 4) is 11.5 Å². The van der Waals surface area contributed by atoms with E-state index in [9.17, 15) is 21.6 Å². The third-order valence-electron chi connectivity index (χ3n) is 4.98. The molecule has 35 heavy (non-hydrogen) atoms. The van der Waals surface area contributed by atoms with Crippen LogP contribution in [0.15, 0.2) is 82.6 Å². The summed E-state index contributed by atoms with van der Waals surface area (Å²) in [5.74, 6) is -0.0253. The van der Waals surface area contributed by atoms with Crippen LogP contribution in [0.2, 0.25) is 0 Å². The Morgan fingerprint density at radius 1 is 0.857 bits per heavy atom. The van der Waals surface area contributed by atoms with Gasteiger partial charge in [0.05, 0.1) is 30.6 Å². The molecule has 1 amide bonds. The average molecular weight is 520 g/mol. The van der Waals surface area contributed by atoms with E-state index in [4.69, 9.17) is 14.6 Å². The van der Waals surface area contributed by atoms with Crippen LogP contribution < -0.4 is 19.9 Å². The Morgan fingerprint density at radius 3 is 2.03 bits per heavy atom. The van der Waals surface area contributed by atoms with E-state index < -0.39 is 32.5 Å². The molecule has 3 aromatic rings. The molecule has 0 aromatic heterocycles. The smallest absolute Gasteiger partial charge is 0.243 e. The lowest BCUT2D eigenvalue weighted by atomic mass is 10.2.